The lowest BCUT2D eigenvalue weighted by Crippen LogP contribution is -2.34. The van der Waals surface area contributed by atoms with Crippen molar-refractivity contribution in [2.45, 2.75) is 6.42 Å². The summed E-state index contributed by atoms with van der Waals surface area (Å²) in [4.78, 5) is 14.4. The van der Waals surface area contributed by atoms with Gasteiger partial charge < -0.3 is 14.4 Å². The number of ether oxygens (including phenoxy) is 2. The first-order valence-electron chi connectivity index (χ1n) is 7.33. The van der Waals surface area contributed by atoms with E-state index < -0.39 is 0 Å². The van der Waals surface area contributed by atoms with Crippen molar-refractivity contribution in [1.29, 1.82) is 0 Å². The molecule has 0 aliphatic carbocycles. The van der Waals surface area contributed by atoms with Crippen molar-refractivity contribution in [3.05, 3.63) is 64.7 Å². The lowest BCUT2D eigenvalue weighted by atomic mass is 9.95. The number of fused-ring (bicyclic) bond motifs is 2. The SMILES string of the molecule is C=C1c2cc3c(cc2CCN1C(=O)c1ccc(Cl)cc1)OCO3. The van der Waals surface area contributed by atoms with E-state index in [0.29, 0.717) is 28.6 Å². The van der Waals surface area contributed by atoms with Crippen LogP contribution in [0.25, 0.3) is 5.70 Å². The molecular weight excluding hydrogens is 314 g/mol. The van der Waals surface area contributed by atoms with Crippen molar-refractivity contribution in [1.82, 2.24) is 4.90 Å². The Labute approximate surface area is 138 Å². The van der Waals surface area contributed by atoms with Gasteiger partial charge in [-0.2, -0.15) is 0 Å². The van der Waals surface area contributed by atoms with Crippen LogP contribution in [-0.4, -0.2) is 24.1 Å². The first kappa shape index (κ1) is 14.2. The molecule has 0 aromatic heterocycles. The molecule has 0 unspecified atom stereocenters. The van der Waals surface area contributed by atoms with Crippen LogP contribution >= 0.6 is 11.6 Å². The van der Waals surface area contributed by atoms with Crippen molar-refractivity contribution in [2.24, 2.45) is 0 Å². The molecule has 5 heteroatoms. The van der Waals surface area contributed by atoms with Crippen molar-refractivity contribution < 1.29 is 14.3 Å². The van der Waals surface area contributed by atoms with E-state index in [-0.39, 0.29) is 12.7 Å². The summed E-state index contributed by atoms with van der Waals surface area (Å²) in [5.74, 6) is 1.38. The van der Waals surface area contributed by atoms with E-state index in [1.165, 1.54) is 0 Å². The van der Waals surface area contributed by atoms with Crippen molar-refractivity contribution >= 4 is 23.2 Å². The summed E-state index contributed by atoms with van der Waals surface area (Å²) >= 11 is 5.88. The molecule has 0 bridgehead atoms. The zero-order valence-electron chi connectivity index (χ0n) is 12.3. The minimum atomic E-state index is -0.0741. The Morgan fingerprint density at radius 3 is 2.57 bits per heavy atom. The number of nitrogens with zero attached hydrogens (tertiary/aromatic N) is 1. The number of carbonyl (C=O) groups is 1. The van der Waals surface area contributed by atoms with Gasteiger partial charge in [0.25, 0.3) is 5.91 Å². The number of hydrogen-bond acceptors (Lipinski definition) is 3. The first-order chi connectivity index (χ1) is 11.1. The third kappa shape index (κ3) is 2.35. The molecule has 116 valence electrons. The van der Waals surface area contributed by atoms with Gasteiger partial charge in [-0.1, -0.05) is 18.2 Å². The number of amides is 1. The molecule has 0 N–H and O–H groups in total. The minimum Gasteiger partial charge on any atom is -0.454 e. The molecule has 23 heavy (non-hydrogen) atoms. The summed E-state index contributed by atoms with van der Waals surface area (Å²) < 4.78 is 10.8. The van der Waals surface area contributed by atoms with E-state index in [1.54, 1.807) is 29.2 Å². The summed E-state index contributed by atoms with van der Waals surface area (Å²) in [6.07, 6.45) is 0.754. The molecule has 0 radical (unpaired) electrons. The van der Waals surface area contributed by atoms with Gasteiger partial charge in [0.2, 0.25) is 6.79 Å². The summed E-state index contributed by atoms with van der Waals surface area (Å²) in [7, 11) is 0. The molecule has 2 aliphatic heterocycles. The zero-order valence-corrected chi connectivity index (χ0v) is 13.1. The number of halogens is 1. The van der Waals surface area contributed by atoms with E-state index >= 15 is 0 Å². The molecule has 0 fully saturated rings. The van der Waals surface area contributed by atoms with Crippen LogP contribution in [0.4, 0.5) is 0 Å². The molecule has 0 saturated carbocycles. The van der Waals surface area contributed by atoms with Crippen LogP contribution in [0, 0.1) is 0 Å². The van der Waals surface area contributed by atoms with Crippen LogP contribution in [0.5, 0.6) is 11.5 Å². The fourth-order valence-corrected chi connectivity index (χ4v) is 3.07. The van der Waals surface area contributed by atoms with Gasteiger partial charge in [-0.15, -0.1) is 0 Å². The van der Waals surface area contributed by atoms with Crippen LogP contribution in [0.1, 0.15) is 21.5 Å². The van der Waals surface area contributed by atoms with Crippen molar-refractivity contribution in [3.63, 3.8) is 0 Å². The van der Waals surface area contributed by atoms with Gasteiger partial charge >= 0.3 is 0 Å². The average molecular weight is 328 g/mol. The summed E-state index contributed by atoms with van der Waals surface area (Å²) in [6, 6.07) is 10.8. The molecule has 2 heterocycles. The van der Waals surface area contributed by atoms with Crippen LogP contribution < -0.4 is 9.47 Å². The maximum atomic E-state index is 12.7. The summed E-state index contributed by atoms with van der Waals surface area (Å²) in [5.41, 5.74) is 3.34. The number of hydrogen-bond donors (Lipinski definition) is 0. The maximum absolute atomic E-state index is 12.7. The largest absolute Gasteiger partial charge is 0.454 e. The standard InChI is InChI=1S/C18H14ClNO3/c1-11-15-9-17-16(22-10-23-17)8-13(15)6-7-20(11)18(21)12-2-4-14(19)5-3-12/h2-5,8-9H,1,6-7,10H2. The molecule has 0 atom stereocenters. The molecule has 1 amide bonds. The second-order valence-electron chi connectivity index (χ2n) is 5.52. The van der Waals surface area contributed by atoms with Gasteiger partial charge in [-0.25, -0.2) is 0 Å². The second kappa shape index (κ2) is 5.32. The van der Waals surface area contributed by atoms with Gasteiger partial charge in [-0.05, 0) is 48.4 Å². The summed E-state index contributed by atoms with van der Waals surface area (Å²) in [6.45, 7) is 4.93. The Balaban J connectivity index is 1.67. The monoisotopic (exact) mass is 327 g/mol. The highest BCUT2D eigenvalue weighted by Crippen LogP contribution is 2.39. The summed E-state index contributed by atoms with van der Waals surface area (Å²) in [5, 5.41) is 0.608. The van der Waals surface area contributed by atoms with Crippen LogP contribution in [0.2, 0.25) is 5.02 Å². The quantitative estimate of drug-likeness (QED) is 0.801. The number of benzene rings is 2. The molecule has 4 rings (SSSR count). The number of rotatable bonds is 1. The van der Waals surface area contributed by atoms with E-state index in [4.69, 9.17) is 21.1 Å². The topological polar surface area (TPSA) is 38.8 Å². The fraction of sp³-hybridized carbons (Fsp3) is 0.167. The Hall–Kier alpha value is -2.46. The normalized spacial score (nSPS) is 15.5. The van der Waals surface area contributed by atoms with E-state index in [1.807, 2.05) is 12.1 Å². The Bertz CT molecular complexity index is 814. The fourth-order valence-electron chi connectivity index (χ4n) is 2.94. The lowest BCUT2D eigenvalue weighted by molar-refractivity contribution is 0.0833. The molecule has 2 aromatic rings. The molecule has 0 saturated heterocycles. The van der Waals surface area contributed by atoms with Gasteiger partial charge in [0, 0.05) is 28.4 Å². The van der Waals surface area contributed by atoms with E-state index in [2.05, 4.69) is 6.58 Å². The minimum absolute atomic E-state index is 0.0741. The van der Waals surface area contributed by atoms with Crippen LogP contribution in [0.15, 0.2) is 43.0 Å². The Morgan fingerprint density at radius 2 is 1.83 bits per heavy atom. The van der Waals surface area contributed by atoms with Gasteiger partial charge in [0.05, 0.1) is 0 Å². The highest BCUT2D eigenvalue weighted by molar-refractivity contribution is 6.30. The molecule has 0 spiro atoms. The maximum Gasteiger partial charge on any atom is 0.258 e. The van der Waals surface area contributed by atoms with Gasteiger partial charge in [0.15, 0.2) is 11.5 Å². The van der Waals surface area contributed by atoms with Gasteiger partial charge in [0.1, 0.15) is 0 Å². The first-order valence-corrected chi connectivity index (χ1v) is 7.70. The Morgan fingerprint density at radius 1 is 1.13 bits per heavy atom. The smallest absolute Gasteiger partial charge is 0.258 e. The highest BCUT2D eigenvalue weighted by Gasteiger charge is 2.28. The predicted octanol–water partition coefficient (Wildman–Crippen LogP) is 3.74. The zero-order chi connectivity index (χ0) is 16.0. The van der Waals surface area contributed by atoms with Crippen LogP contribution in [0.3, 0.4) is 0 Å². The van der Waals surface area contributed by atoms with Gasteiger partial charge in [-0.3, -0.25) is 4.79 Å². The lowest BCUT2D eigenvalue weighted by Gasteiger charge is -2.31. The molecular formula is C18H14ClNO3. The average Bonchev–Trinajstić information content (AvgIpc) is 3.01. The second-order valence-corrected chi connectivity index (χ2v) is 5.96. The van der Waals surface area contributed by atoms with E-state index in [9.17, 15) is 4.79 Å². The van der Waals surface area contributed by atoms with Crippen LogP contribution in [-0.2, 0) is 6.42 Å². The van der Waals surface area contributed by atoms with Crippen molar-refractivity contribution in [2.75, 3.05) is 13.3 Å². The number of carbonyl (C=O) groups excluding carboxylic acids is 1. The molecule has 4 nitrogen and oxygen atoms in total. The van der Waals surface area contributed by atoms with Crippen molar-refractivity contribution in [3.8, 4) is 11.5 Å². The molecule has 2 aromatic carbocycles. The highest BCUT2D eigenvalue weighted by atomic mass is 35.5. The third-order valence-corrected chi connectivity index (χ3v) is 4.43. The van der Waals surface area contributed by atoms with E-state index in [0.717, 1.165) is 23.3 Å². The molecule has 2 aliphatic rings. The predicted molar refractivity (Wildman–Crippen MR) is 87.8 cm³/mol. The third-order valence-electron chi connectivity index (χ3n) is 4.18. The Kier molecular flexibility index (Phi) is 3.27.